The van der Waals surface area contributed by atoms with Crippen molar-refractivity contribution in [3.05, 3.63) is 0 Å². The van der Waals surface area contributed by atoms with Crippen molar-refractivity contribution < 1.29 is 19.1 Å². The fourth-order valence-electron chi connectivity index (χ4n) is 2.06. The lowest BCUT2D eigenvalue weighted by Gasteiger charge is -2.40. The van der Waals surface area contributed by atoms with Gasteiger partial charge in [-0.2, -0.15) is 0 Å². The first-order chi connectivity index (χ1) is 9.64. The van der Waals surface area contributed by atoms with Crippen LogP contribution in [0.4, 0.5) is 9.59 Å². The Morgan fingerprint density at radius 2 is 1.86 bits per heavy atom. The first-order valence-corrected chi connectivity index (χ1v) is 7.29. The van der Waals surface area contributed by atoms with Crippen LogP contribution in [0.15, 0.2) is 0 Å². The molecule has 0 aromatic heterocycles. The topological polar surface area (TPSA) is 85.1 Å². The number of rotatable bonds is 2. The summed E-state index contributed by atoms with van der Waals surface area (Å²) in [5.41, 5.74) is 5.18. The largest absolute Gasteiger partial charge is 0.447 e. The molecule has 0 aliphatic carbocycles. The Morgan fingerprint density at radius 1 is 1.24 bits per heavy atom. The maximum Gasteiger partial charge on any atom is 0.410 e. The number of carbonyl (C=O) groups excluding carboxylic acids is 2. The minimum absolute atomic E-state index is 0.181. The SMILES string of the molecule is CC(C)OC(=O)N1CCN(C(=O)OC(C)(C)C)CC1CN. The Balaban J connectivity index is 2.64. The van der Waals surface area contributed by atoms with Gasteiger partial charge in [0, 0.05) is 26.2 Å². The van der Waals surface area contributed by atoms with E-state index >= 15 is 0 Å². The second-order valence-electron chi connectivity index (χ2n) is 6.44. The Morgan fingerprint density at radius 3 is 2.33 bits per heavy atom. The summed E-state index contributed by atoms with van der Waals surface area (Å²) in [6.07, 6.45) is -0.943. The summed E-state index contributed by atoms with van der Waals surface area (Å²) in [5, 5.41) is 0. The molecule has 7 nitrogen and oxygen atoms in total. The molecule has 122 valence electrons. The number of hydrogen-bond acceptors (Lipinski definition) is 5. The van der Waals surface area contributed by atoms with Crippen molar-refractivity contribution in [2.45, 2.75) is 52.4 Å². The van der Waals surface area contributed by atoms with Gasteiger partial charge in [0.15, 0.2) is 0 Å². The Hall–Kier alpha value is -1.50. The fourth-order valence-corrected chi connectivity index (χ4v) is 2.06. The van der Waals surface area contributed by atoms with Crippen molar-refractivity contribution in [2.75, 3.05) is 26.2 Å². The molecule has 1 unspecified atom stereocenters. The molecule has 1 fully saturated rings. The number of amides is 2. The number of ether oxygens (including phenoxy) is 2. The van der Waals surface area contributed by atoms with Gasteiger partial charge in [-0.3, -0.25) is 0 Å². The molecular weight excluding hydrogens is 274 g/mol. The molecule has 2 amide bonds. The van der Waals surface area contributed by atoms with Crippen LogP contribution in [0.2, 0.25) is 0 Å². The molecule has 21 heavy (non-hydrogen) atoms. The quantitative estimate of drug-likeness (QED) is 0.833. The van der Waals surface area contributed by atoms with E-state index in [1.165, 1.54) is 0 Å². The molecule has 0 saturated carbocycles. The third-order valence-electron chi connectivity index (χ3n) is 2.98. The smallest absolute Gasteiger partial charge is 0.410 e. The number of nitrogens with two attached hydrogens (primary N) is 1. The van der Waals surface area contributed by atoms with Crippen molar-refractivity contribution in [2.24, 2.45) is 5.73 Å². The van der Waals surface area contributed by atoms with Gasteiger partial charge in [-0.15, -0.1) is 0 Å². The predicted molar refractivity (Wildman–Crippen MR) is 79.0 cm³/mol. The summed E-state index contributed by atoms with van der Waals surface area (Å²) < 4.78 is 10.5. The molecule has 0 bridgehead atoms. The van der Waals surface area contributed by atoms with E-state index in [-0.39, 0.29) is 30.9 Å². The minimum Gasteiger partial charge on any atom is -0.447 e. The molecule has 0 spiro atoms. The van der Waals surface area contributed by atoms with E-state index in [9.17, 15) is 9.59 Å². The van der Waals surface area contributed by atoms with Gasteiger partial charge in [-0.25, -0.2) is 9.59 Å². The highest BCUT2D eigenvalue weighted by atomic mass is 16.6. The monoisotopic (exact) mass is 301 g/mol. The van der Waals surface area contributed by atoms with Gasteiger partial charge in [0.2, 0.25) is 0 Å². The van der Waals surface area contributed by atoms with Crippen LogP contribution < -0.4 is 5.73 Å². The molecule has 1 aliphatic rings. The molecule has 0 radical (unpaired) electrons. The van der Waals surface area contributed by atoms with Crippen LogP contribution in [0.5, 0.6) is 0 Å². The third kappa shape index (κ3) is 5.41. The third-order valence-corrected chi connectivity index (χ3v) is 2.98. The molecule has 7 heteroatoms. The first-order valence-electron chi connectivity index (χ1n) is 7.29. The van der Waals surface area contributed by atoms with Crippen LogP contribution in [0.25, 0.3) is 0 Å². The number of carbonyl (C=O) groups is 2. The van der Waals surface area contributed by atoms with E-state index in [0.717, 1.165) is 0 Å². The number of hydrogen-bond donors (Lipinski definition) is 1. The molecule has 1 rings (SSSR count). The summed E-state index contributed by atoms with van der Waals surface area (Å²) in [4.78, 5) is 27.2. The second-order valence-corrected chi connectivity index (χ2v) is 6.44. The minimum atomic E-state index is -0.539. The van der Waals surface area contributed by atoms with Crippen molar-refractivity contribution in [3.63, 3.8) is 0 Å². The molecule has 0 aromatic carbocycles. The van der Waals surface area contributed by atoms with Crippen LogP contribution in [0.1, 0.15) is 34.6 Å². The number of piperazine rings is 1. The Kier molecular flexibility index (Phi) is 5.83. The predicted octanol–water partition coefficient (Wildman–Crippen LogP) is 1.41. The maximum atomic E-state index is 12.1. The first kappa shape index (κ1) is 17.6. The summed E-state index contributed by atoms with van der Waals surface area (Å²) in [7, 11) is 0. The molecule has 1 heterocycles. The molecule has 1 saturated heterocycles. The van der Waals surface area contributed by atoms with Crippen LogP contribution in [-0.4, -0.2) is 65.9 Å². The second kappa shape index (κ2) is 6.98. The van der Waals surface area contributed by atoms with Crippen molar-refractivity contribution in [3.8, 4) is 0 Å². The summed E-state index contributed by atoms with van der Waals surface area (Å²) in [6, 6.07) is -0.252. The lowest BCUT2D eigenvalue weighted by Crippen LogP contribution is -2.59. The Bertz CT molecular complexity index is 379. The maximum absolute atomic E-state index is 12.1. The fraction of sp³-hybridized carbons (Fsp3) is 0.857. The van der Waals surface area contributed by atoms with Crippen LogP contribution in [0, 0.1) is 0 Å². The standard InChI is InChI=1S/C14H27N3O4/c1-10(2)20-13(19)17-7-6-16(9-11(17)8-15)12(18)21-14(3,4)5/h10-11H,6-9,15H2,1-5H3. The van der Waals surface area contributed by atoms with Gasteiger partial charge in [0.05, 0.1) is 12.1 Å². The van der Waals surface area contributed by atoms with Gasteiger partial charge < -0.3 is 25.0 Å². The average molecular weight is 301 g/mol. The molecule has 2 N–H and O–H groups in total. The zero-order valence-corrected chi connectivity index (χ0v) is 13.6. The van der Waals surface area contributed by atoms with E-state index in [1.54, 1.807) is 23.6 Å². The van der Waals surface area contributed by atoms with Gasteiger partial charge in [-0.05, 0) is 34.6 Å². The zero-order valence-electron chi connectivity index (χ0n) is 13.6. The van der Waals surface area contributed by atoms with E-state index < -0.39 is 5.60 Å². The van der Waals surface area contributed by atoms with Gasteiger partial charge >= 0.3 is 12.2 Å². The molecule has 0 aromatic rings. The Labute approximate surface area is 126 Å². The van der Waals surface area contributed by atoms with Gasteiger partial charge in [-0.1, -0.05) is 0 Å². The lowest BCUT2D eigenvalue weighted by molar-refractivity contribution is -0.000239. The van der Waals surface area contributed by atoms with Crippen molar-refractivity contribution in [1.82, 2.24) is 9.80 Å². The van der Waals surface area contributed by atoms with Crippen LogP contribution in [0.3, 0.4) is 0 Å². The number of nitrogens with zero attached hydrogens (tertiary/aromatic N) is 2. The molecular formula is C14H27N3O4. The molecule has 1 aliphatic heterocycles. The highest BCUT2D eigenvalue weighted by Crippen LogP contribution is 2.15. The zero-order chi connectivity index (χ0) is 16.2. The highest BCUT2D eigenvalue weighted by Gasteiger charge is 2.34. The lowest BCUT2D eigenvalue weighted by atomic mass is 10.2. The van der Waals surface area contributed by atoms with E-state index in [1.807, 2.05) is 20.8 Å². The average Bonchev–Trinajstić information content (AvgIpc) is 2.35. The van der Waals surface area contributed by atoms with Crippen molar-refractivity contribution in [1.29, 1.82) is 0 Å². The van der Waals surface area contributed by atoms with Crippen LogP contribution in [-0.2, 0) is 9.47 Å². The van der Waals surface area contributed by atoms with E-state index in [4.69, 9.17) is 15.2 Å². The van der Waals surface area contributed by atoms with E-state index in [2.05, 4.69) is 0 Å². The van der Waals surface area contributed by atoms with Crippen LogP contribution >= 0.6 is 0 Å². The van der Waals surface area contributed by atoms with Gasteiger partial charge in [0.1, 0.15) is 5.60 Å². The summed E-state index contributed by atoms with van der Waals surface area (Å²) in [5.74, 6) is 0. The summed E-state index contributed by atoms with van der Waals surface area (Å²) >= 11 is 0. The summed E-state index contributed by atoms with van der Waals surface area (Å²) in [6.45, 7) is 10.5. The normalized spacial score (nSPS) is 19.7. The van der Waals surface area contributed by atoms with E-state index in [0.29, 0.717) is 19.6 Å². The van der Waals surface area contributed by atoms with Gasteiger partial charge in [0.25, 0.3) is 0 Å². The highest BCUT2D eigenvalue weighted by molar-refractivity contribution is 5.71. The molecule has 1 atom stereocenters. The van der Waals surface area contributed by atoms with Crippen molar-refractivity contribution >= 4 is 12.2 Å².